The quantitative estimate of drug-likeness (QED) is 0.724. The van der Waals surface area contributed by atoms with Gasteiger partial charge in [0.1, 0.15) is 6.04 Å². The van der Waals surface area contributed by atoms with E-state index in [1.807, 2.05) is 4.90 Å². The highest BCUT2D eigenvalue weighted by Gasteiger charge is 2.36. The average Bonchev–Trinajstić information content (AvgIpc) is 2.64. The minimum Gasteiger partial charge on any atom is -0.344 e. The van der Waals surface area contributed by atoms with Crippen molar-refractivity contribution in [3.05, 3.63) is 0 Å². The van der Waals surface area contributed by atoms with Gasteiger partial charge in [0.25, 0.3) is 0 Å². The van der Waals surface area contributed by atoms with E-state index in [0.717, 1.165) is 12.8 Å². The number of likely N-dealkylation sites (tertiary alicyclic amines) is 1. The fourth-order valence-corrected chi connectivity index (χ4v) is 2.83. The van der Waals surface area contributed by atoms with E-state index in [1.165, 1.54) is 6.42 Å². The molecule has 0 aromatic rings. The molecule has 0 spiro atoms. The van der Waals surface area contributed by atoms with Crippen LogP contribution in [0.4, 0.5) is 0 Å². The number of carbonyl (C=O) groups excluding carboxylic acids is 2. The second-order valence-corrected chi connectivity index (χ2v) is 5.03. The average molecular weight is 224 g/mol. The van der Waals surface area contributed by atoms with Crippen molar-refractivity contribution in [1.82, 2.24) is 10.2 Å². The van der Waals surface area contributed by atoms with E-state index >= 15 is 0 Å². The molecule has 1 unspecified atom stereocenters. The van der Waals surface area contributed by atoms with Crippen LogP contribution in [0.5, 0.6) is 0 Å². The molecule has 0 radical (unpaired) electrons. The van der Waals surface area contributed by atoms with Gasteiger partial charge in [0.15, 0.2) is 0 Å². The zero-order chi connectivity index (χ0) is 11.7. The predicted octanol–water partition coefficient (Wildman–Crippen LogP) is 1.05. The summed E-state index contributed by atoms with van der Waals surface area (Å²) in [4.78, 5) is 25.4. The van der Waals surface area contributed by atoms with E-state index in [4.69, 9.17) is 0 Å². The van der Waals surface area contributed by atoms with Gasteiger partial charge in [-0.15, -0.1) is 0 Å². The zero-order valence-corrected chi connectivity index (χ0v) is 10.0. The maximum atomic E-state index is 12.3. The Labute approximate surface area is 96.4 Å². The summed E-state index contributed by atoms with van der Waals surface area (Å²) in [6.07, 6.45) is 4.51. The molecule has 90 valence electrons. The summed E-state index contributed by atoms with van der Waals surface area (Å²) in [7, 11) is 0. The number of hydrogen-bond acceptors (Lipinski definition) is 2. The summed E-state index contributed by atoms with van der Waals surface area (Å²) >= 11 is 0. The molecular formula is C12H20N2O2. The predicted molar refractivity (Wildman–Crippen MR) is 60.8 cm³/mol. The Bertz CT molecular complexity index is 293. The summed E-state index contributed by atoms with van der Waals surface area (Å²) in [5.74, 6) is 0.126. The van der Waals surface area contributed by atoms with Crippen LogP contribution in [0, 0.1) is 0 Å². The fraction of sp³-hybridized carbons (Fsp3) is 0.833. The van der Waals surface area contributed by atoms with E-state index in [0.29, 0.717) is 24.9 Å². The molecule has 16 heavy (non-hydrogen) atoms. The van der Waals surface area contributed by atoms with Crippen molar-refractivity contribution in [2.45, 2.75) is 64.1 Å². The molecule has 2 saturated heterocycles. The van der Waals surface area contributed by atoms with Crippen LogP contribution in [-0.2, 0) is 9.59 Å². The fourth-order valence-electron chi connectivity index (χ4n) is 2.83. The number of hydrogen-bond donors (Lipinski definition) is 1. The van der Waals surface area contributed by atoms with Gasteiger partial charge in [-0.2, -0.15) is 0 Å². The lowest BCUT2D eigenvalue weighted by Crippen LogP contribution is -2.53. The molecule has 2 aliphatic heterocycles. The number of piperidine rings is 1. The third-order valence-electron chi connectivity index (χ3n) is 3.74. The van der Waals surface area contributed by atoms with Crippen molar-refractivity contribution >= 4 is 11.8 Å². The smallest absolute Gasteiger partial charge is 0.245 e. The second kappa shape index (κ2) is 4.44. The summed E-state index contributed by atoms with van der Waals surface area (Å²) in [6, 6.07) is 0.359. The van der Waals surface area contributed by atoms with E-state index in [9.17, 15) is 9.59 Å². The molecule has 0 saturated carbocycles. The van der Waals surface area contributed by atoms with Crippen LogP contribution in [0.15, 0.2) is 0 Å². The third-order valence-corrected chi connectivity index (χ3v) is 3.74. The molecule has 2 aliphatic rings. The highest BCUT2D eigenvalue weighted by Crippen LogP contribution is 2.24. The van der Waals surface area contributed by atoms with Gasteiger partial charge in [-0.25, -0.2) is 0 Å². The van der Waals surface area contributed by atoms with Gasteiger partial charge >= 0.3 is 0 Å². The van der Waals surface area contributed by atoms with E-state index in [2.05, 4.69) is 19.2 Å². The van der Waals surface area contributed by atoms with E-state index in [1.54, 1.807) is 0 Å². The first-order valence-corrected chi connectivity index (χ1v) is 6.21. The minimum absolute atomic E-state index is 0.00988. The Morgan fingerprint density at radius 3 is 2.38 bits per heavy atom. The van der Waals surface area contributed by atoms with Crippen LogP contribution in [0.3, 0.4) is 0 Å². The van der Waals surface area contributed by atoms with Crippen molar-refractivity contribution < 1.29 is 9.59 Å². The third kappa shape index (κ3) is 2.06. The Morgan fingerprint density at radius 2 is 1.88 bits per heavy atom. The van der Waals surface area contributed by atoms with Crippen molar-refractivity contribution in [2.24, 2.45) is 0 Å². The Balaban J connectivity index is 2.04. The number of nitrogens with one attached hydrogen (secondary N) is 1. The first kappa shape index (κ1) is 11.4. The highest BCUT2D eigenvalue weighted by atomic mass is 16.2. The second-order valence-electron chi connectivity index (χ2n) is 5.03. The van der Waals surface area contributed by atoms with E-state index < -0.39 is 0 Å². The minimum atomic E-state index is -0.268. The molecule has 3 atom stereocenters. The molecule has 0 aromatic heterocycles. The number of rotatable bonds is 1. The standard InChI is InChI=1S/C12H20N2O2/c1-8-4-3-5-9(2)14(8)12(16)10-6-7-11(15)13-10/h8-10H,3-7H2,1-2H3,(H,13,15)/t8-,9+,10?. The SMILES string of the molecule is C[C@@H]1CCC[C@H](C)N1C(=O)C1CCC(=O)N1. The molecule has 2 rings (SSSR count). The maximum absolute atomic E-state index is 12.3. The Hall–Kier alpha value is -1.06. The van der Waals surface area contributed by atoms with Crippen LogP contribution >= 0.6 is 0 Å². The summed E-state index contributed by atoms with van der Waals surface area (Å²) in [6.45, 7) is 4.20. The van der Waals surface area contributed by atoms with Crippen LogP contribution in [0.1, 0.15) is 46.0 Å². The first-order valence-electron chi connectivity index (χ1n) is 6.21. The first-order chi connectivity index (χ1) is 7.59. The number of nitrogens with zero attached hydrogens (tertiary/aromatic N) is 1. The molecule has 0 aliphatic carbocycles. The Morgan fingerprint density at radius 1 is 1.25 bits per heavy atom. The van der Waals surface area contributed by atoms with Gasteiger partial charge in [-0.3, -0.25) is 9.59 Å². The molecule has 4 heteroatoms. The maximum Gasteiger partial charge on any atom is 0.245 e. The molecule has 2 heterocycles. The monoisotopic (exact) mass is 224 g/mol. The molecule has 4 nitrogen and oxygen atoms in total. The van der Waals surface area contributed by atoms with Crippen molar-refractivity contribution in [3.63, 3.8) is 0 Å². The van der Waals surface area contributed by atoms with Gasteiger partial charge in [0.2, 0.25) is 11.8 Å². The van der Waals surface area contributed by atoms with Crippen LogP contribution in [-0.4, -0.2) is 34.8 Å². The lowest BCUT2D eigenvalue weighted by atomic mass is 9.96. The van der Waals surface area contributed by atoms with Crippen molar-refractivity contribution in [2.75, 3.05) is 0 Å². The molecule has 2 fully saturated rings. The summed E-state index contributed by atoms with van der Waals surface area (Å²) < 4.78 is 0. The van der Waals surface area contributed by atoms with Gasteiger partial charge < -0.3 is 10.2 Å². The largest absolute Gasteiger partial charge is 0.344 e. The normalized spacial score (nSPS) is 35.0. The van der Waals surface area contributed by atoms with Crippen molar-refractivity contribution in [3.8, 4) is 0 Å². The molecule has 1 N–H and O–H groups in total. The lowest BCUT2D eigenvalue weighted by molar-refractivity contribution is -0.140. The Kier molecular flexibility index (Phi) is 3.17. The highest BCUT2D eigenvalue weighted by molar-refractivity contribution is 5.91. The van der Waals surface area contributed by atoms with Crippen LogP contribution in [0.2, 0.25) is 0 Å². The van der Waals surface area contributed by atoms with Crippen LogP contribution < -0.4 is 5.32 Å². The van der Waals surface area contributed by atoms with Gasteiger partial charge in [0, 0.05) is 18.5 Å². The number of amides is 2. The van der Waals surface area contributed by atoms with Crippen molar-refractivity contribution in [1.29, 1.82) is 0 Å². The van der Waals surface area contributed by atoms with E-state index in [-0.39, 0.29) is 17.9 Å². The number of carbonyl (C=O) groups is 2. The lowest BCUT2D eigenvalue weighted by Gasteiger charge is -2.40. The summed E-state index contributed by atoms with van der Waals surface area (Å²) in [5.41, 5.74) is 0. The molecule has 0 aromatic carbocycles. The van der Waals surface area contributed by atoms with Gasteiger partial charge in [-0.1, -0.05) is 0 Å². The van der Waals surface area contributed by atoms with Gasteiger partial charge in [-0.05, 0) is 39.5 Å². The molecule has 0 bridgehead atoms. The molecular weight excluding hydrogens is 204 g/mol. The van der Waals surface area contributed by atoms with Gasteiger partial charge in [0.05, 0.1) is 0 Å². The summed E-state index contributed by atoms with van der Waals surface area (Å²) in [5, 5.41) is 2.76. The topological polar surface area (TPSA) is 49.4 Å². The molecule has 2 amide bonds. The van der Waals surface area contributed by atoms with Crippen LogP contribution in [0.25, 0.3) is 0 Å². The zero-order valence-electron chi connectivity index (χ0n) is 10.0.